The van der Waals surface area contributed by atoms with E-state index in [2.05, 4.69) is 36.4 Å². The number of esters is 1. The Morgan fingerprint density at radius 3 is 2.24 bits per heavy atom. The van der Waals surface area contributed by atoms with Gasteiger partial charge in [-0.1, -0.05) is 61.5 Å². The van der Waals surface area contributed by atoms with Crippen molar-refractivity contribution in [3.05, 3.63) is 60.2 Å². The summed E-state index contributed by atoms with van der Waals surface area (Å²) in [6.07, 6.45) is 0.400. The van der Waals surface area contributed by atoms with E-state index in [9.17, 15) is 9.90 Å². The van der Waals surface area contributed by atoms with Crippen LogP contribution in [0.25, 0.3) is 11.1 Å². The SMILES string of the molecule is CCOC(=O)[C@H](CO)C[C@H](N)C(C)c1ccc(-c2ccccc2)cc1. The van der Waals surface area contributed by atoms with Crippen LogP contribution in [0, 0.1) is 5.92 Å². The fourth-order valence-corrected chi connectivity index (χ4v) is 2.89. The Labute approximate surface area is 149 Å². The zero-order chi connectivity index (χ0) is 18.2. The molecule has 0 aromatic heterocycles. The molecule has 0 fully saturated rings. The lowest BCUT2D eigenvalue weighted by Gasteiger charge is -2.24. The van der Waals surface area contributed by atoms with Gasteiger partial charge >= 0.3 is 5.97 Å². The van der Waals surface area contributed by atoms with Crippen LogP contribution >= 0.6 is 0 Å². The number of aliphatic hydroxyl groups excluding tert-OH is 1. The van der Waals surface area contributed by atoms with Crippen LogP contribution in [0.15, 0.2) is 54.6 Å². The minimum Gasteiger partial charge on any atom is -0.466 e. The molecule has 4 heteroatoms. The van der Waals surface area contributed by atoms with E-state index in [0.717, 1.165) is 11.1 Å². The number of hydrogen-bond donors (Lipinski definition) is 2. The van der Waals surface area contributed by atoms with E-state index in [4.69, 9.17) is 10.5 Å². The van der Waals surface area contributed by atoms with Gasteiger partial charge in [-0.05, 0) is 36.0 Å². The van der Waals surface area contributed by atoms with Crippen LogP contribution in [0.3, 0.4) is 0 Å². The number of aliphatic hydroxyl groups is 1. The Bertz CT molecular complexity index is 655. The summed E-state index contributed by atoms with van der Waals surface area (Å²) >= 11 is 0. The lowest BCUT2D eigenvalue weighted by molar-refractivity contribution is -0.149. The third-order valence-corrected chi connectivity index (χ3v) is 4.58. The fourth-order valence-electron chi connectivity index (χ4n) is 2.89. The maximum Gasteiger partial charge on any atom is 0.311 e. The highest BCUT2D eigenvalue weighted by Crippen LogP contribution is 2.26. The van der Waals surface area contributed by atoms with Gasteiger partial charge in [-0.15, -0.1) is 0 Å². The van der Waals surface area contributed by atoms with E-state index in [-0.39, 0.29) is 24.5 Å². The van der Waals surface area contributed by atoms with Crippen molar-refractivity contribution in [1.29, 1.82) is 0 Å². The highest BCUT2D eigenvalue weighted by molar-refractivity contribution is 5.72. The van der Waals surface area contributed by atoms with Gasteiger partial charge in [-0.3, -0.25) is 4.79 Å². The summed E-state index contributed by atoms with van der Waals surface area (Å²) in [5, 5.41) is 9.43. The van der Waals surface area contributed by atoms with Gasteiger partial charge in [0.05, 0.1) is 19.1 Å². The molecule has 0 amide bonds. The molecule has 3 atom stereocenters. The van der Waals surface area contributed by atoms with Crippen molar-refractivity contribution in [3.63, 3.8) is 0 Å². The molecule has 134 valence electrons. The van der Waals surface area contributed by atoms with E-state index < -0.39 is 5.92 Å². The van der Waals surface area contributed by atoms with Gasteiger partial charge < -0.3 is 15.6 Å². The third kappa shape index (κ3) is 5.15. The molecule has 0 heterocycles. The molecule has 1 unspecified atom stereocenters. The number of carbonyl (C=O) groups is 1. The van der Waals surface area contributed by atoms with Crippen molar-refractivity contribution < 1.29 is 14.6 Å². The molecule has 3 N–H and O–H groups in total. The Kier molecular flexibility index (Phi) is 7.16. The van der Waals surface area contributed by atoms with Gasteiger partial charge in [0.25, 0.3) is 0 Å². The average molecular weight is 341 g/mol. The maximum atomic E-state index is 11.8. The molecule has 2 rings (SSSR count). The molecule has 0 radical (unpaired) electrons. The van der Waals surface area contributed by atoms with Gasteiger partial charge in [0, 0.05) is 6.04 Å². The minimum atomic E-state index is -0.569. The molecule has 0 saturated carbocycles. The number of nitrogens with two attached hydrogens (primary N) is 1. The first-order valence-electron chi connectivity index (χ1n) is 8.75. The first-order valence-corrected chi connectivity index (χ1v) is 8.75. The second-order valence-electron chi connectivity index (χ2n) is 6.31. The number of rotatable bonds is 8. The molecule has 2 aromatic carbocycles. The normalized spacial score (nSPS) is 14.6. The van der Waals surface area contributed by atoms with Gasteiger partial charge in [0.2, 0.25) is 0 Å². The Morgan fingerprint density at radius 1 is 1.08 bits per heavy atom. The molecule has 0 spiro atoms. The number of benzene rings is 2. The van der Waals surface area contributed by atoms with Crippen molar-refractivity contribution in [2.45, 2.75) is 32.2 Å². The summed E-state index contributed by atoms with van der Waals surface area (Å²) < 4.78 is 4.99. The fraction of sp³-hybridized carbons (Fsp3) is 0.381. The molecule has 0 aliphatic rings. The zero-order valence-electron chi connectivity index (χ0n) is 14.9. The molecule has 25 heavy (non-hydrogen) atoms. The van der Waals surface area contributed by atoms with Crippen molar-refractivity contribution in [2.24, 2.45) is 11.7 Å². The van der Waals surface area contributed by atoms with Crippen LogP contribution in [0.2, 0.25) is 0 Å². The van der Waals surface area contributed by atoms with E-state index in [0.29, 0.717) is 13.0 Å². The number of ether oxygens (including phenoxy) is 1. The molecule has 4 nitrogen and oxygen atoms in total. The van der Waals surface area contributed by atoms with Crippen LogP contribution < -0.4 is 5.73 Å². The summed E-state index contributed by atoms with van der Waals surface area (Å²) in [7, 11) is 0. The lowest BCUT2D eigenvalue weighted by atomic mass is 9.87. The molecule has 0 aliphatic heterocycles. The predicted octanol–water partition coefficient (Wildman–Crippen LogP) is 3.35. The number of carbonyl (C=O) groups excluding carboxylic acids is 1. The van der Waals surface area contributed by atoms with Gasteiger partial charge in [0.1, 0.15) is 0 Å². The first-order chi connectivity index (χ1) is 12.1. The molecule has 2 aromatic rings. The molecular weight excluding hydrogens is 314 g/mol. The van der Waals surface area contributed by atoms with Crippen molar-refractivity contribution in [1.82, 2.24) is 0 Å². The van der Waals surface area contributed by atoms with Gasteiger partial charge in [-0.25, -0.2) is 0 Å². The maximum absolute atomic E-state index is 11.8. The first kappa shape index (κ1) is 19.2. The average Bonchev–Trinajstić information content (AvgIpc) is 2.66. The molecule has 0 bridgehead atoms. The largest absolute Gasteiger partial charge is 0.466 e. The number of hydrogen-bond acceptors (Lipinski definition) is 4. The predicted molar refractivity (Wildman–Crippen MR) is 100 cm³/mol. The van der Waals surface area contributed by atoms with Crippen LogP contribution in [-0.2, 0) is 9.53 Å². The Balaban J connectivity index is 2.04. The van der Waals surface area contributed by atoms with E-state index in [1.807, 2.05) is 25.1 Å². The molecule has 0 saturated heterocycles. The Hall–Kier alpha value is -2.17. The summed E-state index contributed by atoms with van der Waals surface area (Å²) in [5.74, 6) is -0.874. The lowest BCUT2D eigenvalue weighted by Crippen LogP contribution is -2.34. The third-order valence-electron chi connectivity index (χ3n) is 4.58. The molecule has 0 aliphatic carbocycles. The van der Waals surface area contributed by atoms with E-state index >= 15 is 0 Å². The second kappa shape index (κ2) is 9.35. The smallest absolute Gasteiger partial charge is 0.311 e. The van der Waals surface area contributed by atoms with Gasteiger partial charge in [-0.2, -0.15) is 0 Å². The summed E-state index contributed by atoms with van der Waals surface area (Å²) in [6.45, 7) is 3.86. The summed E-state index contributed by atoms with van der Waals surface area (Å²) in [6, 6.07) is 18.3. The quantitative estimate of drug-likeness (QED) is 0.722. The van der Waals surface area contributed by atoms with E-state index in [1.165, 1.54) is 5.56 Å². The van der Waals surface area contributed by atoms with Crippen molar-refractivity contribution >= 4 is 5.97 Å². The highest BCUT2D eigenvalue weighted by atomic mass is 16.5. The van der Waals surface area contributed by atoms with Crippen molar-refractivity contribution in [2.75, 3.05) is 13.2 Å². The van der Waals surface area contributed by atoms with Crippen LogP contribution in [0.4, 0.5) is 0 Å². The van der Waals surface area contributed by atoms with Gasteiger partial charge in [0.15, 0.2) is 0 Å². The summed E-state index contributed by atoms with van der Waals surface area (Å²) in [4.78, 5) is 11.8. The standard InChI is InChI=1S/C21H27NO3/c1-3-25-21(24)19(14-23)13-20(22)15(2)16-9-11-18(12-10-16)17-7-5-4-6-8-17/h4-12,15,19-20,23H,3,13-14,22H2,1-2H3/t15?,19-,20-/m0/s1. The van der Waals surface area contributed by atoms with Crippen LogP contribution in [0.1, 0.15) is 31.7 Å². The summed E-state index contributed by atoms with van der Waals surface area (Å²) in [5.41, 5.74) is 9.74. The highest BCUT2D eigenvalue weighted by Gasteiger charge is 2.25. The van der Waals surface area contributed by atoms with Crippen LogP contribution in [0.5, 0.6) is 0 Å². The topological polar surface area (TPSA) is 72.5 Å². The second-order valence-corrected chi connectivity index (χ2v) is 6.31. The monoisotopic (exact) mass is 341 g/mol. The minimum absolute atomic E-state index is 0.0771. The zero-order valence-corrected chi connectivity index (χ0v) is 14.9. The Morgan fingerprint density at radius 2 is 1.68 bits per heavy atom. The van der Waals surface area contributed by atoms with Crippen molar-refractivity contribution in [3.8, 4) is 11.1 Å². The molecular formula is C21H27NO3. The van der Waals surface area contributed by atoms with E-state index in [1.54, 1.807) is 6.92 Å². The van der Waals surface area contributed by atoms with Crippen LogP contribution in [-0.4, -0.2) is 30.3 Å².